The van der Waals surface area contributed by atoms with E-state index in [0.29, 0.717) is 44.8 Å². The van der Waals surface area contributed by atoms with Crippen LogP contribution in [0.1, 0.15) is 96.7 Å². The third-order valence-corrected chi connectivity index (χ3v) is 11.0. The van der Waals surface area contributed by atoms with E-state index >= 15 is 0 Å². The molecule has 0 aliphatic rings. The number of aromatic nitrogens is 3. The van der Waals surface area contributed by atoms with E-state index in [2.05, 4.69) is 57.2 Å². The van der Waals surface area contributed by atoms with Gasteiger partial charge in [-0.25, -0.2) is 4.98 Å². The Balaban J connectivity index is 1.48. The van der Waals surface area contributed by atoms with Gasteiger partial charge < -0.3 is 5.11 Å². The SMILES string of the molecule is [2H]C([2H])([2H])C(c1ccc(-n2c(-c3cc(C)cc(C(C)(C)C)c3O)nc3c(-c4cc(-c5cc(-c6ccccc6)ccn5)cc(C(C)(C)C)c4)cccc32)c(-c2ccccc2)c1)(C([2H])([2H])[2H])C([2H])([2H])[2H]. The van der Waals surface area contributed by atoms with Gasteiger partial charge in [0.05, 0.1) is 28.0 Å². The Labute approximate surface area is 362 Å². The minimum Gasteiger partial charge on any atom is -0.507 e. The number of phenolic OH excluding ortho intramolecular Hbond substituents is 1. The number of pyridine rings is 1. The molecule has 0 radical (unpaired) electrons. The highest BCUT2D eigenvalue weighted by atomic mass is 16.3. The number of para-hydroxylation sites is 1. The van der Waals surface area contributed by atoms with Gasteiger partial charge in [-0.1, -0.05) is 153 Å². The summed E-state index contributed by atoms with van der Waals surface area (Å²) in [5.74, 6) is 0.397. The molecule has 296 valence electrons. The van der Waals surface area contributed by atoms with Crippen molar-refractivity contribution in [3.8, 4) is 67.5 Å². The topological polar surface area (TPSA) is 50.9 Å². The summed E-state index contributed by atoms with van der Waals surface area (Å²) in [5.41, 5.74) is 6.82. The number of nitrogens with zero attached hydrogens (tertiary/aromatic N) is 3. The third kappa shape index (κ3) is 7.72. The molecular formula is C55H55N3O. The second kappa shape index (κ2) is 14.8. The molecular weight excluding hydrogens is 719 g/mol. The van der Waals surface area contributed by atoms with Gasteiger partial charge in [0.25, 0.3) is 0 Å². The second-order valence-corrected chi connectivity index (χ2v) is 17.6. The van der Waals surface area contributed by atoms with Gasteiger partial charge in [-0.2, -0.15) is 0 Å². The van der Waals surface area contributed by atoms with Crippen LogP contribution in [-0.2, 0) is 16.2 Å². The molecule has 2 aromatic heterocycles. The number of hydrogen-bond acceptors (Lipinski definition) is 3. The number of hydrogen-bond donors (Lipinski definition) is 1. The minimum atomic E-state index is -3.48. The summed E-state index contributed by atoms with van der Waals surface area (Å²) in [5, 5.41) is 12.3. The molecule has 8 aromatic rings. The summed E-state index contributed by atoms with van der Waals surface area (Å²) in [4.78, 5) is 10.3. The molecule has 0 aliphatic carbocycles. The van der Waals surface area contributed by atoms with Gasteiger partial charge in [0, 0.05) is 40.8 Å². The molecule has 0 saturated heterocycles. The maximum Gasteiger partial charge on any atom is 0.149 e. The average molecular weight is 783 g/mol. The summed E-state index contributed by atoms with van der Waals surface area (Å²) >= 11 is 0. The van der Waals surface area contributed by atoms with Crippen molar-refractivity contribution in [2.45, 2.75) is 85.3 Å². The fraction of sp³-hybridized carbons (Fsp3) is 0.236. The standard InChI is InChI=1S/C55H55N3O/c1-35-28-45(51(59)46(29-35)55(8,9)10)52-57-50-43(22-17-23-49(50)58(52)48-25-24-41(53(2,3)4)34-44(48)37-20-15-12-16-21-37)39-30-40(32-42(31-39)54(5,6)7)47-33-38(26-27-56-47)36-18-13-11-14-19-36/h11-34,59H,1-10H3/i2D3,3D3,4D3. The van der Waals surface area contributed by atoms with Gasteiger partial charge >= 0.3 is 0 Å². The van der Waals surface area contributed by atoms with Gasteiger partial charge in [-0.05, 0) is 111 Å². The highest BCUT2D eigenvalue weighted by Crippen LogP contribution is 2.45. The maximum absolute atomic E-state index is 12.3. The lowest BCUT2D eigenvalue weighted by Crippen LogP contribution is -2.13. The van der Waals surface area contributed by atoms with E-state index in [0.717, 1.165) is 44.6 Å². The summed E-state index contributed by atoms with van der Waals surface area (Å²) in [6.45, 7) is 4.10. The first kappa shape index (κ1) is 29.9. The van der Waals surface area contributed by atoms with Gasteiger partial charge in [-0.15, -0.1) is 0 Å². The molecule has 4 heteroatoms. The molecule has 8 rings (SSSR count). The predicted octanol–water partition coefficient (Wildman–Crippen LogP) is 14.7. The molecule has 0 unspecified atom stereocenters. The Morgan fingerprint density at radius 3 is 1.92 bits per heavy atom. The Bertz CT molecular complexity index is 3140. The number of aryl methyl sites for hydroxylation is 1. The van der Waals surface area contributed by atoms with Crippen molar-refractivity contribution in [3.05, 3.63) is 168 Å². The molecule has 0 amide bonds. The van der Waals surface area contributed by atoms with Crippen LogP contribution in [-0.4, -0.2) is 19.6 Å². The van der Waals surface area contributed by atoms with Crippen molar-refractivity contribution in [2.75, 3.05) is 0 Å². The number of phenols is 1. The van der Waals surface area contributed by atoms with Crippen LogP contribution < -0.4 is 0 Å². The van der Waals surface area contributed by atoms with Gasteiger partial charge in [-0.3, -0.25) is 9.55 Å². The van der Waals surface area contributed by atoms with E-state index in [9.17, 15) is 5.11 Å². The van der Waals surface area contributed by atoms with Crippen LogP contribution in [0.4, 0.5) is 0 Å². The monoisotopic (exact) mass is 782 g/mol. The first-order valence-corrected chi connectivity index (χ1v) is 20.0. The molecule has 0 atom stereocenters. The highest BCUT2D eigenvalue weighted by Gasteiger charge is 2.28. The van der Waals surface area contributed by atoms with Gasteiger partial charge in [0.2, 0.25) is 0 Å². The lowest BCUT2D eigenvalue weighted by molar-refractivity contribution is 0.448. The number of benzene rings is 6. The van der Waals surface area contributed by atoms with E-state index in [1.54, 1.807) is 30.3 Å². The van der Waals surface area contributed by atoms with Crippen molar-refractivity contribution >= 4 is 11.0 Å². The zero-order chi connectivity index (χ0) is 49.4. The van der Waals surface area contributed by atoms with E-state index in [1.165, 1.54) is 12.1 Å². The average Bonchev–Trinajstić information content (AvgIpc) is 3.65. The summed E-state index contributed by atoms with van der Waals surface area (Å²) in [6, 6.07) is 43.7. The van der Waals surface area contributed by atoms with Crippen molar-refractivity contribution in [2.24, 2.45) is 0 Å². The quantitative estimate of drug-likeness (QED) is 0.183. The normalized spacial score (nSPS) is 15.2. The fourth-order valence-electron chi connectivity index (χ4n) is 7.85. The van der Waals surface area contributed by atoms with Crippen LogP contribution in [0.25, 0.3) is 72.7 Å². The lowest BCUT2D eigenvalue weighted by atomic mass is 9.83. The molecule has 0 fully saturated rings. The van der Waals surface area contributed by atoms with Gasteiger partial charge in [0.1, 0.15) is 11.6 Å². The largest absolute Gasteiger partial charge is 0.507 e. The van der Waals surface area contributed by atoms with Crippen LogP contribution in [0.2, 0.25) is 0 Å². The van der Waals surface area contributed by atoms with Crippen LogP contribution in [0.15, 0.2) is 146 Å². The Morgan fingerprint density at radius 2 is 1.24 bits per heavy atom. The molecule has 1 N–H and O–H groups in total. The van der Waals surface area contributed by atoms with Crippen LogP contribution in [0, 0.1) is 6.92 Å². The van der Waals surface area contributed by atoms with Crippen molar-refractivity contribution < 1.29 is 17.4 Å². The molecule has 59 heavy (non-hydrogen) atoms. The smallest absolute Gasteiger partial charge is 0.149 e. The zero-order valence-electron chi connectivity index (χ0n) is 43.6. The van der Waals surface area contributed by atoms with Crippen molar-refractivity contribution in [1.29, 1.82) is 0 Å². The van der Waals surface area contributed by atoms with E-state index in [-0.39, 0.29) is 16.7 Å². The molecule has 0 aliphatic heterocycles. The predicted molar refractivity (Wildman–Crippen MR) is 249 cm³/mol. The van der Waals surface area contributed by atoms with E-state index in [4.69, 9.17) is 22.3 Å². The van der Waals surface area contributed by atoms with Crippen molar-refractivity contribution in [3.63, 3.8) is 0 Å². The molecule has 0 spiro atoms. The summed E-state index contributed by atoms with van der Waals surface area (Å²) in [7, 11) is 0. The Morgan fingerprint density at radius 1 is 0.542 bits per heavy atom. The van der Waals surface area contributed by atoms with Crippen LogP contribution in [0.5, 0.6) is 5.75 Å². The maximum atomic E-state index is 12.3. The number of fused-ring (bicyclic) bond motifs is 1. The molecule has 0 saturated carbocycles. The first-order chi connectivity index (χ1) is 31.7. The molecule has 2 heterocycles. The second-order valence-electron chi connectivity index (χ2n) is 17.6. The van der Waals surface area contributed by atoms with Crippen LogP contribution >= 0.6 is 0 Å². The van der Waals surface area contributed by atoms with Crippen molar-refractivity contribution in [1.82, 2.24) is 14.5 Å². The molecule has 0 bridgehead atoms. The first-order valence-electron chi connectivity index (χ1n) is 24.5. The Hall–Kier alpha value is -6.26. The highest BCUT2D eigenvalue weighted by molar-refractivity contribution is 5.98. The minimum absolute atomic E-state index is 0.0340. The lowest BCUT2D eigenvalue weighted by Gasteiger charge is -2.24. The third-order valence-electron chi connectivity index (χ3n) is 11.0. The fourth-order valence-corrected chi connectivity index (χ4v) is 7.85. The summed E-state index contributed by atoms with van der Waals surface area (Å²) < 4.78 is 79.0. The molecule has 4 nitrogen and oxygen atoms in total. The molecule has 6 aromatic carbocycles. The summed E-state index contributed by atoms with van der Waals surface area (Å²) in [6.07, 6.45) is 1.82. The van der Waals surface area contributed by atoms with E-state index < -0.39 is 31.4 Å². The van der Waals surface area contributed by atoms with Gasteiger partial charge in [0.15, 0.2) is 0 Å². The Kier molecular flexibility index (Phi) is 7.52. The van der Waals surface area contributed by atoms with E-state index in [1.807, 2.05) is 99.1 Å². The number of aromatic hydroxyl groups is 1. The number of rotatable bonds is 6. The zero-order valence-corrected chi connectivity index (χ0v) is 34.6. The number of imidazole rings is 1. The van der Waals surface area contributed by atoms with Crippen LogP contribution in [0.3, 0.4) is 0 Å².